The standard InChI is InChI=1S/C32H24BrClN2O5/c1-20-3-2-4-23(15-20)19-41-29-14-7-22(17-28(29)33)16-27-30(37)35-32(39)36(31(27)38)25-10-12-26(13-11-25)40-18-21-5-8-24(34)9-6-21/h2-17H,18-19H2,1H3,(H,35,37,39)/b27-16+. The van der Waals surface area contributed by atoms with Gasteiger partial charge < -0.3 is 9.47 Å². The molecule has 1 aliphatic heterocycles. The summed E-state index contributed by atoms with van der Waals surface area (Å²) in [5, 5.41) is 2.88. The van der Waals surface area contributed by atoms with Gasteiger partial charge in [0.25, 0.3) is 11.8 Å². The van der Waals surface area contributed by atoms with E-state index in [4.69, 9.17) is 21.1 Å². The van der Waals surface area contributed by atoms with Crippen LogP contribution in [0.3, 0.4) is 0 Å². The van der Waals surface area contributed by atoms with Crippen molar-refractivity contribution in [3.8, 4) is 11.5 Å². The fraction of sp³-hybridized carbons (Fsp3) is 0.0938. The van der Waals surface area contributed by atoms with Gasteiger partial charge in [0.15, 0.2) is 0 Å². The van der Waals surface area contributed by atoms with E-state index in [0.29, 0.717) is 45.5 Å². The third-order valence-corrected chi connectivity index (χ3v) is 7.13. The lowest BCUT2D eigenvalue weighted by Crippen LogP contribution is -2.54. The van der Waals surface area contributed by atoms with Crippen molar-refractivity contribution in [2.75, 3.05) is 4.90 Å². The number of aryl methyl sites for hydroxylation is 1. The van der Waals surface area contributed by atoms with Crippen LogP contribution in [-0.2, 0) is 22.8 Å². The van der Waals surface area contributed by atoms with Gasteiger partial charge in [-0.15, -0.1) is 0 Å². The molecule has 0 radical (unpaired) electrons. The molecule has 0 bridgehead atoms. The number of carbonyl (C=O) groups is 3. The van der Waals surface area contributed by atoms with Gasteiger partial charge in [-0.2, -0.15) is 0 Å². The Kier molecular flexibility index (Phi) is 8.52. The molecule has 1 fully saturated rings. The zero-order chi connectivity index (χ0) is 28.9. The summed E-state index contributed by atoms with van der Waals surface area (Å²) in [6, 6.07) is 26.2. The van der Waals surface area contributed by atoms with Gasteiger partial charge in [0.2, 0.25) is 0 Å². The van der Waals surface area contributed by atoms with Crippen molar-refractivity contribution in [2.45, 2.75) is 20.1 Å². The molecule has 0 aliphatic carbocycles. The molecular weight excluding hydrogens is 608 g/mol. The highest BCUT2D eigenvalue weighted by atomic mass is 79.9. The highest BCUT2D eigenvalue weighted by Crippen LogP contribution is 2.29. The fourth-order valence-corrected chi connectivity index (χ4v) is 4.82. The Hall–Kier alpha value is -4.40. The van der Waals surface area contributed by atoms with Crippen molar-refractivity contribution in [3.63, 3.8) is 0 Å². The minimum Gasteiger partial charge on any atom is -0.489 e. The topological polar surface area (TPSA) is 84.9 Å². The average Bonchev–Trinajstić information content (AvgIpc) is 2.95. The van der Waals surface area contributed by atoms with Crippen LogP contribution in [0.1, 0.15) is 22.3 Å². The number of barbiturate groups is 1. The zero-order valence-electron chi connectivity index (χ0n) is 21.9. The van der Waals surface area contributed by atoms with Crippen molar-refractivity contribution in [2.24, 2.45) is 0 Å². The molecule has 7 nitrogen and oxygen atoms in total. The molecule has 1 aliphatic rings. The minimum absolute atomic E-state index is 0.173. The molecule has 206 valence electrons. The Morgan fingerprint density at radius 3 is 2.29 bits per heavy atom. The van der Waals surface area contributed by atoms with Crippen LogP contribution < -0.4 is 19.7 Å². The Labute approximate surface area is 250 Å². The SMILES string of the molecule is Cc1cccc(COc2ccc(/C=C3\C(=O)NC(=O)N(c4ccc(OCc5ccc(Cl)cc5)cc4)C3=O)cc2Br)c1. The van der Waals surface area contributed by atoms with E-state index in [-0.39, 0.29) is 5.57 Å². The molecule has 1 saturated heterocycles. The van der Waals surface area contributed by atoms with Gasteiger partial charge in [-0.25, -0.2) is 9.69 Å². The van der Waals surface area contributed by atoms with Crippen LogP contribution in [-0.4, -0.2) is 17.8 Å². The number of anilines is 1. The smallest absolute Gasteiger partial charge is 0.335 e. The number of halogens is 2. The Morgan fingerprint density at radius 2 is 1.59 bits per heavy atom. The van der Waals surface area contributed by atoms with E-state index in [9.17, 15) is 14.4 Å². The van der Waals surface area contributed by atoms with E-state index in [1.54, 1.807) is 54.6 Å². The lowest BCUT2D eigenvalue weighted by molar-refractivity contribution is -0.122. The summed E-state index contributed by atoms with van der Waals surface area (Å²) in [7, 11) is 0. The summed E-state index contributed by atoms with van der Waals surface area (Å²) in [6.45, 7) is 2.74. The maximum Gasteiger partial charge on any atom is 0.335 e. The molecule has 4 aromatic carbocycles. The van der Waals surface area contributed by atoms with Crippen LogP contribution in [0.5, 0.6) is 11.5 Å². The van der Waals surface area contributed by atoms with E-state index in [1.807, 2.05) is 37.3 Å². The van der Waals surface area contributed by atoms with Gasteiger partial charge in [-0.05, 0) is 94.2 Å². The molecule has 0 atom stereocenters. The van der Waals surface area contributed by atoms with Crippen LogP contribution in [0, 0.1) is 6.92 Å². The first-order valence-electron chi connectivity index (χ1n) is 12.6. The summed E-state index contributed by atoms with van der Waals surface area (Å²) in [6.07, 6.45) is 1.44. The van der Waals surface area contributed by atoms with Crippen LogP contribution in [0.25, 0.3) is 6.08 Å². The first kappa shape index (κ1) is 28.1. The van der Waals surface area contributed by atoms with Crippen LogP contribution in [0.2, 0.25) is 5.02 Å². The van der Waals surface area contributed by atoms with Crippen LogP contribution in [0.4, 0.5) is 10.5 Å². The van der Waals surface area contributed by atoms with Gasteiger partial charge in [0.05, 0.1) is 10.2 Å². The summed E-state index contributed by atoms with van der Waals surface area (Å²) in [4.78, 5) is 39.5. The number of ether oxygens (including phenoxy) is 2. The first-order chi connectivity index (χ1) is 19.8. The molecule has 1 heterocycles. The molecule has 5 rings (SSSR count). The highest BCUT2D eigenvalue weighted by Gasteiger charge is 2.36. The van der Waals surface area contributed by atoms with Crippen LogP contribution in [0.15, 0.2) is 101 Å². The van der Waals surface area contributed by atoms with Gasteiger partial charge >= 0.3 is 6.03 Å². The van der Waals surface area contributed by atoms with E-state index in [2.05, 4.69) is 27.3 Å². The molecule has 4 aromatic rings. The second-order valence-electron chi connectivity index (χ2n) is 9.33. The Balaban J connectivity index is 1.29. The number of amides is 4. The molecular formula is C32H24BrClN2O5. The van der Waals surface area contributed by atoms with E-state index in [0.717, 1.165) is 21.6 Å². The molecule has 0 spiro atoms. The lowest BCUT2D eigenvalue weighted by Gasteiger charge is -2.26. The number of hydrogen-bond acceptors (Lipinski definition) is 5. The summed E-state index contributed by atoms with van der Waals surface area (Å²) in [5.74, 6) is -0.335. The Morgan fingerprint density at radius 1 is 0.854 bits per heavy atom. The number of urea groups is 1. The zero-order valence-corrected chi connectivity index (χ0v) is 24.2. The molecule has 0 aromatic heterocycles. The molecule has 0 saturated carbocycles. The average molecular weight is 632 g/mol. The van der Waals surface area contributed by atoms with E-state index < -0.39 is 17.8 Å². The van der Waals surface area contributed by atoms with Crippen molar-refractivity contribution in [1.82, 2.24) is 5.32 Å². The van der Waals surface area contributed by atoms with E-state index >= 15 is 0 Å². The normalized spacial score (nSPS) is 14.3. The highest BCUT2D eigenvalue weighted by molar-refractivity contribution is 9.10. The maximum absolute atomic E-state index is 13.3. The first-order valence-corrected chi connectivity index (χ1v) is 13.8. The second-order valence-corrected chi connectivity index (χ2v) is 10.6. The number of nitrogens with one attached hydrogen (secondary N) is 1. The Bertz CT molecular complexity index is 1650. The van der Waals surface area contributed by atoms with E-state index in [1.165, 1.54) is 6.08 Å². The minimum atomic E-state index is -0.826. The number of imide groups is 2. The molecule has 9 heteroatoms. The lowest BCUT2D eigenvalue weighted by atomic mass is 10.1. The number of carbonyl (C=O) groups excluding carboxylic acids is 3. The second kappa shape index (κ2) is 12.4. The largest absolute Gasteiger partial charge is 0.489 e. The maximum atomic E-state index is 13.3. The molecule has 41 heavy (non-hydrogen) atoms. The number of rotatable bonds is 8. The molecule has 4 amide bonds. The molecule has 1 N–H and O–H groups in total. The number of nitrogens with zero attached hydrogens (tertiary/aromatic N) is 1. The summed E-state index contributed by atoms with van der Waals surface area (Å²) >= 11 is 9.42. The number of benzene rings is 4. The number of hydrogen-bond donors (Lipinski definition) is 1. The predicted octanol–water partition coefficient (Wildman–Crippen LogP) is 7.24. The van der Waals surface area contributed by atoms with Gasteiger partial charge in [0, 0.05) is 5.02 Å². The van der Waals surface area contributed by atoms with Crippen molar-refractivity contribution >= 4 is 57.1 Å². The van der Waals surface area contributed by atoms with Gasteiger partial charge in [-0.1, -0.05) is 59.6 Å². The summed E-state index contributed by atoms with van der Waals surface area (Å²) in [5.41, 5.74) is 3.83. The van der Waals surface area contributed by atoms with Crippen molar-refractivity contribution in [1.29, 1.82) is 0 Å². The van der Waals surface area contributed by atoms with Gasteiger partial charge in [0.1, 0.15) is 30.3 Å². The van der Waals surface area contributed by atoms with Crippen LogP contribution >= 0.6 is 27.5 Å². The van der Waals surface area contributed by atoms with Crippen molar-refractivity contribution < 1.29 is 23.9 Å². The third-order valence-electron chi connectivity index (χ3n) is 6.26. The van der Waals surface area contributed by atoms with Crippen molar-refractivity contribution in [3.05, 3.63) is 128 Å². The predicted molar refractivity (Wildman–Crippen MR) is 161 cm³/mol. The van der Waals surface area contributed by atoms with Gasteiger partial charge in [-0.3, -0.25) is 14.9 Å². The fourth-order valence-electron chi connectivity index (χ4n) is 4.18. The third kappa shape index (κ3) is 6.85. The monoisotopic (exact) mass is 630 g/mol. The quantitative estimate of drug-likeness (QED) is 0.164. The molecule has 0 unspecified atom stereocenters. The summed E-state index contributed by atoms with van der Waals surface area (Å²) < 4.78 is 12.4.